The van der Waals surface area contributed by atoms with Crippen molar-refractivity contribution in [1.29, 1.82) is 0 Å². The zero-order chi connectivity index (χ0) is 31.8. The van der Waals surface area contributed by atoms with Crippen molar-refractivity contribution in [2.24, 2.45) is 4.99 Å². The number of ether oxygens (including phenoxy) is 1. The van der Waals surface area contributed by atoms with Gasteiger partial charge in [-0.15, -0.1) is 22.7 Å². The number of piperazine rings is 1. The van der Waals surface area contributed by atoms with E-state index in [1.165, 1.54) is 48.8 Å². The Kier molecular flexibility index (Phi) is 8.44. The van der Waals surface area contributed by atoms with Gasteiger partial charge >= 0.3 is 18.0 Å². The standard InChI is InChI=1S/C29H27F2N7O5S2/c1-15-18(4-5-19(30)23(15)31)24-22(27(41)43-2)20(34-25(35-24)26-32-7-10-44-26)13-36-8-9-37-17(11-36)12-38(29(37)42)28-33-16(14-45-28)3-6-21(39)40/h3-7,10,14,17,24H,8-9,11-13H2,1-2H3,(H,34,35)(H,39,40)/b6-3+/t17-,24-/m0/s1. The van der Waals surface area contributed by atoms with E-state index in [0.29, 0.717) is 59.1 Å². The van der Waals surface area contributed by atoms with Crippen LogP contribution in [0.3, 0.4) is 0 Å². The van der Waals surface area contributed by atoms with Crippen LogP contribution in [-0.2, 0) is 14.3 Å². The van der Waals surface area contributed by atoms with E-state index in [9.17, 15) is 23.2 Å². The van der Waals surface area contributed by atoms with Crippen LogP contribution in [0.25, 0.3) is 6.08 Å². The maximum atomic E-state index is 14.7. The summed E-state index contributed by atoms with van der Waals surface area (Å²) < 4.78 is 33.9. The number of rotatable bonds is 8. The number of aliphatic imine (C=N–C) groups is 1. The van der Waals surface area contributed by atoms with Gasteiger partial charge in [0.15, 0.2) is 27.6 Å². The molecule has 0 radical (unpaired) electrons. The number of carbonyl (C=O) groups excluding carboxylic acids is 2. The molecule has 2 atom stereocenters. The summed E-state index contributed by atoms with van der Waals surface area (Å²) in [6, 6.07) is 1.10. The Morgan fingerprint density at radius 3 is 2.78 bits per heavy atom. The van der Waals surface area contributed by atoms with Crippen molar-refractivity contribution < 1.29 is 33.0 Å². The Labute approximate surface area is 264 Å². The van der Waals surface area contributed by atoms with Crippen LogP contribution in [0.1, 0.15) is 27.9 Å². The monoisotopic (exact) mass is 655 g/mol. The summed E-state index contributed by atoms with van der Waals surface area (Å²) in [6.07, 6.45) is 3.99. The number of thiazole rings is 2. The van der Waals surface area contributed by atoms with Crippen molar-refractivity contribution in [2.45, 2.75) is 19.0 Å². The highest BCUT2D eigenvalue weighted by Crippen LogP contribution is 2.36. The lowest BCUT2D eigenvalue weighted by Crippen LogP contribution is -2.53. The van der Waals surface area contributed by atoms with Gasteiger partial charge in [0.25, 0.3) is 0 Å². The van der Waals surface area contributed by atoms with Crippen LogP contribution in [0, 0.1) is 18.6 Å². The number of urea groups is 1. The quantitative estimate of drug-likeness (QED) is 0.276. The maximum Gasteiger partial charge on any atom is 0.338 e. The lowest BCUT2D eigenvalue weighted by atomic mass is 9.92. The van der Waals surface area contributed by atoms with Crippen LogP contribution in [0.2, 0.25) is 0 Å². The second kappa shape index (κ2) is 12.5. The van der Waals surface area contributed by atoms with Crippen LogP contribution in [0.15, 0.2) is 51.4 Å². The van der Waals surface area contributed by atoms with E-state index in [-0.39, 0.29) is 29.8 Å². The van der Waals surface area contributed by atoms with E-state index in [2.05, 4.69) is 20.2 Å². The molecular formula is C29H27F2N7O5S2. The van der Waals surface area contributed by atoms with Gasteiger partial charge in [-0.1, -0.05) is 6.07 Å². The molecule has 2 aromatic heterocycles. The van der Waals surface area contributed by atoms with Gasteiger partial charge in [-0.2, -0.15) is 0 Å². The number of hydrogen-bond acceptors (Lipinski definition) is 11. The Morgan fingerprint density at radius 1 is 1.22 bits per heavy atom. The number of esters is 1. The van der Waals surface area contributed by atoms with Crippen LogP contribution in [0.5, 0.6) is 0 Å². The minimum atomic E-state index is -1.09. The molecule has 3 aliphatic rings. The number of carbonyl (C=O) groups is 3. The molecule has 0 saturated carbocycles. The summed E-state index contributed by atoms with van der Waals surface area (Å²) >= 11 is 2.59. The van der Waals surface area contributed by atoms with Crippen molar-refractivity contribution in [3.63, 3.8) is 0 Å². The van der Waals surface area contributed by atoms with Gasteiger partial charge < -0.3 is 20.1 Å². The third-order valence-corrected chi connectivity index (χ3v) is 9.46. The molecular weight excluding hydrogens is 628 g/mol. The number of methoxy groups -OCH3 is 1. The molecule has 2 fully saturated rings. The predicted molar refractivity (Wildman–Crippen MR) is 163 cm³/mol. The molecule has 5 heterocycles. The fourth-order valence-corrected chi connectivity index (χ4v) is 7.02. The molecule has 3 aliphatic heterocycles. The number of hydrogen-bond donors (Lipinski definition) is 2. The van der Waals surface area contributed by atoms with Crippen LogP contribution in [0.4, 0.5) is 18.7 Å². The Bertz CT molecular complexity index is 1760. The van der Waals surface area contributed by atoms with Crippen molar-refractivity contribution in [2.75, 3.05) is 44.7 Å². The predicted octanol–water partition coefficient (Wildman–Crippen LogP) is 3.43. The number of aromatic nitrogens is 2. The molecule has 2 amide bonds. The third-order valence-electron chi connectivity index (χ3n) is 7.80. The highest BCUT2D eigenvalue weighted by molar-refractivity contribution is 7.14. The van der Waals surface area contributed by atoms with Gasteiger partial charge in [-0.3, -0.25) is 14.8 Å². The molecule has 234 valence electrons. The minimum absolute atomic E-state index is 0.0341. The summed E-state index contributed by atoms with van der Waals surface area (Å²) in [5, 5.41) is 16.7. The van der Waals surface area contributed by atoms with E-state index in [1.807, 2.05) is 0 Å². The summed E-state index contributed by atoms with van der Waals surface area (Å²) in [5.74, 6) is -3.38. The van der Waals surface area contributed by atoms with Gasteiger partial charge in [0.1, 0.15) is 6.04 Å². The SMILES string of the molecule is COC(=O)C1=C(CN2CCN3C(=O)N(c4nc(/C=C/C(=O)O)cs4)C[C@@H]3C2)NC(c2nccs2)=N[C@H]1c1ccc(F)c(F)c1C. The molecule has 0 aliphatic carbocycles. The van der Waals surface area contributed by atoms with Gasteiger partial charge in [0.2, 0.25) is 0 Å². The van der Waals surface area contributed by atoms with Gasteiger partial charge in [0, 0.05) is 54.9 Å². The van der Waals surface area contributed by atoms with E-state index >= 15 is 0 Å². The lowest BCUT2D eigenvalue weighted by Gasteiger charge is -2.38. The molecule has 45 heavy (non-hydrogen) atoms. The number of nitrogens with one attached hydrogen (secondary N) is 1. The molecule has 3 aromatic rings. The largest absolute Gasteiger partial charge is 0.478 e. The first-order valence-corrected chi connectivity index (χ1v) is 15.6. The number of nitrogens with zero attached hydrogens (tertiary/aromatic N) is 6. The van der Waals surface area contributed by atoms with Crippen LogP contribution >= 0.6 is 22.7 Å². The number of carboxylic acid groups (broad SMARTS) is 1. The maximum absolute atomic E-state index is 14.7. The fraction of sp³-hybridized carbons (Fsp3) is 0.310. The Morgan fingerprint density at radius 2 is 2.04 bits per heavy atom. The summed E-state index contributed by atoms with van der Waals surface area (Å²) in [4.78, 5) is 56.4. The van der Waals surface area contributed by atoms with E-state index in [0.717, 1.165) is 12.1 Å². The number of carboxylic acids is 1. The van der Waals surface area contributed by atoms with Crippen LogP contribution in [-0.4, -0.2) is 94.6 Å². The lowest BCUT2D eigenvalue weighted by molar-refractivity contribution is -0.136. The zero-order valence-electron chi connectivity index (χ0n) is 24.1. The molecule has 0 bridgehead atoms. The molecule has 2 saturated heterocycles. The first-order valence-electron chi connectivity index (χ1n) is 13.8. The summed E-state index contributed by atoms with van der Waals surface area (Å²) in [5.41, 5.74) is 1.46. The molecule has 2 N–H and O–H groups in total. The third kappa shape index (κ3) is 5.95. The second-order valence-electron chi connectivity index (χ2n) is 10.5. The second-order valence-corrected chi connectivity index (χ2v) is 12.2. The van der Waals surface area contributed by atoms with Crippen molar-refractivity contribution in [1.82, 2.24) is 25.1 Å². The van der Waals surface area contributed by atoms with E-state index < -0.39 is 29.6 Å². The number of fused-ring (bicyclic) bond motifs is 1. The topological polar surface area (TPSA) is 141 Å². The minimum Gasteiger partial charge on any atom is -0.478 e. The van der Waals surface area contributed by atoms with Gasteiger partial charge in [-0.05, 0) is 30.2 Å². The molecule has 0 unspecified atom stereocenters. The number of aliphatic carboxylic acids is 1. The van der Waals surface area contributed by atoms with E-state index in [1.54, 1.807) is 26.8 Å². The van der Waals surface area contributed by atoms with Crippen molar-refractivity contribution in [3.05, 3.63) is 79.9 Å². The van der Waals surface area contributed by atoms with E-state index in [4.69, 9.17) is 14.8 Å². The van der Waals surface area contributed by atoms with Gasteiger partial charge in [-0.25, -0.2) is 33.1 Å². The first kappa shape index (κ1) is 30.5. The molecule has 0 spiro atoms. The average Bonchev–Trinajstić information content (AvgIpc) is 3.79. The van der Waals surface area contributed by atoms with Crippen molar-refractivity contribution >= 4 is 57.7 Å². The smallest absolute Gasteiger partial charge is 0.338 e. The number of amides is 2. The molecule has 6 rings (SSSR count). The fourth-order valence-electron chi connectivity index (χ4n) is 5.64. The normalized spacial score (nSPS) is 20.4. The highest BCUT2D eigenvalue weighted by Gasteiger charge is 2.43. The highest BCUT2D eigenvalue weighted by atomic mass is 32.1. The first-order chi connectivity index (χ1) is 21.6. The Balaban J connectivity index is 1.28. The summed E-state index contributed by atoms with van der Waals surface area (Å²) in [6.45, 7) is 3.49. The average molecular weight is 656 g/mol. The molecule has 12 nitrogen and oxygen atoms in total. The summed E-state index contributed by atoms with van der Waals surface area (Å²) in [7, 11) is 1.25. The van der Waals surface area contributed by atoms with Gasteiger partial charge in [0.05, 0.1) is 31.0 Å². The molecule has 1 aromatic carbocycles. The molecule has 16 heteroatoms. The van der Waals surface area contributed by atoms with Crippen LogP contribution < -0.4 is 10.2 Å². The zero-order valence-corrected chi connectivity index (χ0v) is 25.7. The number of benzene rings is 1. The number of anilines is 1. The van der Waals surface area contributed by atoms with Crippen molar-refractivity contribution in [3.8, 4) is 0 Å². The number of amidine groups is 1. The number of halogens is 2. The Hall–Kier alpha value is -4.54.